The van der Waals surface area contributed by atoms with E-state index in [-0.39, 0.29) is 5.82 Å². The summed E-state index contributed by atoms with van der Waals surface area (Å²) in [5.41, 5.74) is 6.97. The van der Waals surface area contributed by atoms with E-state index in [1.807, 2.05) is 6.07 Å². The van der Waals surface area contributed by atoms with E-state index in [9.17, 15) is 4.39 Å². The minimum atomic E-state index is -0.228. The largest absolute Gasteiger partial charge is 0.398 e. The molecule has 0 amide bonds. The first-order valence-corrected chi connectivity index (χ1v) is 6.02. The van der Waals surface area contributed by atoms with Crippen LogP contribution in [0.4, 0.5) is 10.1 Å². The third kappa shape index (κ3) is 3.13. The van der Waals surface area contributed by atoms with Crippen molar-refractivity contribution in [1.29, 1.82) is 0 Å². The van der Waals surface area contributed by atoms with Crippen LogP contribution in [-0.4, -0.2) is 5.25 Å². The summed E-state index contributed by atoms with van der Waals surface area (Å²) in [6.07, 6.45) is 0. The number of nitrogens with two attached hydrogens (primary N) is 1. The predicted octanol–water partition coefficient (Wildman–Crippen LogP) is 3.85. The van der Waals surface area contributed by atoms with Crippen molar-refractivity contribution in [3.8, 4) is 0 Å². The smallest absolute Gasteiger partial charge is 0.128 e. The third-order valence-electron chi connectivity index (χ3n) is 2.54. The molecule has 0 radical (unpaired) electrons. The average molecular weight is 227 g/mol. The Kier molecular flexibility index (Phi) is 4.03. The van der Waals surface area contributed by atoms with Gasteiger partial charge in [0.25, 0.3) is 0 Å². The number of hydrogen-bond acceptors (Lipinski definition) is 2. The third-order valence-corrected chi connectivity index (χ3v) is 4.07. The van der Waals surface area contributed by atoms with Crippen LogP contribution < -0.4 is 5.73 Å². The van der Waals surface area contributed by atoms with E-state index in [1.165, 1.54) is 6.07 Å². The van der Waals surface area contributed by atoms with E-state index in [1.54, 1.807) is 18.7 Å². The molecule has 0 heterocycles. The number of nitrogen functional groups attached to an aromatic ring is 1. The topological polar surface area (TPSA) is 26.0 Å². The molecule has 15 heavy (non-hydrogen) atoms. The lowest BCUT2D eigenvalue weighted by Crippen LogP contribution is -2.06. The monoisotopic (exact) mass is 227 g/mol. The number of halogens is 1. The molecule has 0 aliphatic carbocycles. The first-order chi connectivity index (χ1) is 6.91. The summed E-state index contributed by atoms with van der Waals surface area (Å²) in [5.74, 6) is 0.355. The van der Waals surface area contributed by atoms with Crippen LogP contribution in [0.3, 0.4) is 0 Å². The minimum Gasteiger partial charge on any atom is -0.398 e. The molecule has 0 saturated heterocycles. The molecule has 1 unspecified atom stereocenters. The molecular weight excluding hydrogens is 209 g/mol. The molecule has 1 atom stereocenters. The summed E-state index contributed by atoms with van der Waals surface area (Å²) in [5, 5.41) is 0.483. The first kappa shape index (κ1) is 12.4. The van der Waals surface area contributed by atoms with Crippen molar-refractivity contribution < 1.29 is 4.39 Å². The van der Waals surface area contributed by atoms with Crippen molar-refractivity contribution in [1.82, 2.24) is 0 Å². The van der Waals surface area contributed by atoms with Crippen LogP contribution in [0.15, 0.2) is 17.0 Å². The Morgan fingerprint density at radius 2 is 1.87 bits per heavy atom. The number of benzene rings is 1. The van der Waals surface area contributed by atoms with Crippen molar-refractivity contribution in [2.24, 2.45) is 5.92 Å². The number of rotatable bonds is 3. The summed E-state index contributed by atoms with van der Waals surface area (Å²) in [7, 11) is 0. The van der Waals surface area contributed by atoms with Gasteiger partial charge in [-0.25, -0.2) is 4.39 Å². The van der Waals surface area contributed by atoms with Crippen LogP contribution in [0.2, 0.25) is 0 Å². The molecule has 1 rings (SSSR count). The van der Waals surface area contributed by atoms with Crippen molar-refractivity contribution in [3.05, 3.63) is 23.5 Å². The summed E-state index contributed by atoms with van der Waals surface area (Å²) in [4.78, 5) is 0.982. The Balaban J connectivity index is 2.91. The quantitative estimate of drug-likeness (QED) is 0.627. The van der Waals surface area contributed by atoms with Crippen molar-refractivity contribution >= 4 is 17.4 Å². The second-order valence-corrected chi connectivity index (χ2v) is 5.63. The predicted molar refractivity (Wildman–Crippen MR) is 65.7 cm³/mol. The van der Waals surface area contributed by atoms with Crippen LogP contribution >= 0.6 is 11.8 Å². The zero-order valence-electron chi connectivity index (χ0n) is 9.67. The van der Waals surface area contributed by atoms with Crippen molar-refractivity contribution in [2.75, 3.05) is 5.73 Å². The zero-order chi connectivity index (χ0) is 11.6. The van der Waals surface area contributed by atoms with E-state index >= 15 is 0 Å². The number of aryl methyl sites for hydroxylation is 1. The fourth-order valence-electron chi connectivity index (χ4n) is 1.11. The molecule has 0 aliphatic rings. The Morgan fingerprint density at radius 1 is 1.27 bits per heavy atom. The molecule has 0 aliphatic heterocycles. The maximum absolute atomic E-state index is 13.2. The number of thioether (sulfide) groups is 1. The first-order valence-electron chi connectivity index (χ1n) is 5.14. The molecule has 2 N–H and O–H groups in total. The van der Waals surface area contributed by atoms with E-state index in [2.05, 4.69) is 20.8 Å². The van der Waals surface area contributed by atoms with Gasteiger partial charge >= 0.3 is 0 Å². The second-order valence-electron chi connectivity index (χ2n) is 4.21. The summed E-state index contributed by atoms with van der Waals surface area (Å²) in [6, 6.07) is 3.24. The van der Waals surface area contributed by atoms with Crippen LogP contribution in [0.25, 0.3) is 0 Å². The maximum atomic E-state index is 13.2. The van der Waals surface area contributed by atoms with E-state index in [0.717, 1.165) is 4.90 Å². The van der Waals surface area contributed by atoms with Gasteiger partial charge in [-0.2, -0.15) is 0 Å². The van der Waals surface area contributed by atoms with Gasteiger partial charge in [-0.1, -0.05) is 20.8 Å². The summed E-state index contributed by atoms with van der Waals surface area (Å²) >= 11 is 1.71. The summed E-state index contributed by atoms with van der Waals surface area (Å²) in [6.45, 7) is 8.26. The number of anilines is 1. The molecule has 0 spiro atoms. The normalized spacial score (nSPS) is 13.2. The highest BCUT2D eigenvalue weighted by Gasteiger charge is 2.12. The van der Waals surface area contributed by atoms with Crippen LogP contribution in [0.5, 0.6) is 0 Å². The van der Waals surface area contributed by atoms with Gasteiger partial charge in [0.2, 0.25) is 0 Å². The van der Waals surface area contributed by atoms with Gasteiger partial charge in [0, 0.05) is 15.8 Å². The SMILES string of the molecule is Cc1cc(SC(C)C(C)C)c(N)cc1F. The molecule has 0 aromatic heterocycles. The Labute approximate surface area is 95.2 Å². The van der Waals surface area contributed by atoms with Gasteiger partial charge in [-0.3, -0.25) is 0 Å². The lowest BCUT2D eigenvalue weighted by Gasteiger charge is -2.16. The lowest BCUT2D eigenvalue weighted by molar-refractivity contribution is 0.617. The van der Waals surface area contributed by atoms with Crippen LogP contribution in [-0.2, 0) is 0 Å². The fourth-order valence-corrected chi connectivity index (χ4v) is 2.22. The zero-order valence-corrected chi connectivity index (χ0v) is 10.5. The van der Waals surface area contributed by atoms with Crippen molar-refractivity contribution in [3.63, 3.8) is 0 Å². The van der Waals surface area contributed by atoms with Gasteiger partial charge in [0.15, 0.2) is 0 Å². The Morgan fingerprint density at radius 3 is 2.40 bits per heavy atom. The second kappa shape index (κ2) is 4.88. The molecule has 1 aromatic rings. The Bertz CT molecular complexity index is 350. The standard InChI is InChI=1S/C12H18FNS/c1-7(2)9(4)15-12-5-8(3)10(13)6-11(12)14/h5-7,9H,14H2,1-4H3. The highest BCUT2D eigenvalue weighted by Crippen LogP contribution is 2.33. The molecule has 84 valence electrons. The number of hydrogen-bond donors (Lipinski definition) is 1. The minimum absolute atomic E-state index is 0.228. The van der Waals surface area contributed by atoms with Gasteiger partial charge in [0.05, 0.1) is 0 Å². The molecular formula is C12H18FNS. The van der Waals surface area contributed by atoms with E-state index in [4.69, 9.17) is 5.73 Å². The van der Waals surface area contributed by atoms with E-state index < -0.39 is 0 Å². The van der Waals surface area contributed by atoms with Gasteiger partial charge in [-0.05, 0) is 30.5 Å². The van der Waals surface area contributed by atoms with Crippen LogP contribution in [0, 0.1) is 18.7 Å². The molecule has 0 saturated carbocycles. The molecule has 0 bridgehead atoms. The average Bonchev–Trinajstić information content (AvgIpc) is 2.13. The maximum Gasteiger partial charge on any atom is 0.128 e. The van der Waals surface area contributed by atoms with Gasteiger partial charge in [0.1, 0.15) is 5.82 Å². The molecule has 1 aromatic carbocycles. The highest BCUT2D eigenvalue weighted by atomic mass is 32.2. The van der Waals surface area contributed by atoms with E-state index in [0.29, 0.717) is 22.4 Å². The van der Waals surface area contributed by atoms with Crippen molar-refractivity contribution in [2.45, 2.75) is 37.8 Å². The summed E-state index contributed by atoms with van der Waals surface area (Å²) < 4.78 is 13.2. The highest BCUT2D eigenvalue weighted by molar-refractivity contribution is 8.00. The molecule has 1 nitrogen and oxygen atoms in total. The Hall–Kier alpha value is -0.700. The molecule has 3 heteroatoms. The van der Waals surface area contributed by atoms with Gasteiger partial charge in [-0.15, -0.1) is 11.8 Å². The van der Waals surface area contributed by atoms with Gasteiger partial charge < -0.3 is 5.73 Å². The lowest BCUT2D eigenvalue weighted by atomic mass is 10.2. The fraction of sp³-hybridized carbons (Fsp3) is 0.500. The molecule has 0 fully saturated rings. The van der Waals surface area contributed by atoms with Crippen LogP contribution in [0.1, 0.15) is 26.3 Å².